The number of fused-ring (bicyclic) bond motifs is 2. The minimum atomic E-state index is -4.46. The molecular weight excluding hydrogens is 443 g/mol. The molecule has 1 aliphatic carbocycles. The first-order valence-corrected chi connectivity index (χ1v) is 10.9. The summed E-state index contributed by atoms with van der Waals surface area (Å²) in [5.74, 6) is -0.390. The minimum Gasteiger partial charge on any atom is -0.481 e. The summed E-state index contributed by atoms with van der Waals surface area (Å²) < 4.78 is 42.2. The second-order valence-corrected chi connectivity index (χ2v) is 9.00. The van der Waals surface area contributed by atoms with Crippen LogP contribution in [0.3, 0.4) is 0 Å². The number of nitrogens with zero attached hydrogens (tertiary/aromatic N) is 4. The number of anilines is 1. The van der Waals surface area contributed by atoms with Crippen molar-refractivity contribution in [3.63, 3.8) is 0 Å². The Morgan fingerprint density at radius 1 is 1.22 bits per heavy atom. The molecule has 0 unspecified atom stereocenters. The van der Waals surface area contributed by atoms with Gasteiger partial charge in [-0.15, -0.1) is 11.3 Å². The number of carboxylic acids is 1. The molecule has 3 aromatic heterocycles. The predicted molar refractivity (Wildman–Crippen MR) is 113 cm³/mol. The van der Waals surface area contributed by atoms with Crippen LogP contribution in [0.25, 0.3) is 26.2 Å². The summed E-state index contributed by atoms with van der Waals surface area (Å²) in [5, 5.41) is 14.0. The number of benzene rings is 1. The van der Waals surface area contributed by atoms with E-state index in [1.807, 2.05) is 0 Å². The molecule has 1 aliphatic rings. The number of alkyl halides is 3. The van der Waals surface area contributed by atoms with E-state index in [4.69, 9.17) is 10.7 Å². The molecule has 0 bridgehead atoms. The van der Waals surface area contributed by atoms with E-state index in [-0.39, 0.29) is 22.4 Å². The van der Waals surface area contributed by atoms with Gasteiger partial charge in [0.05, 0.1) is 16.4 Å². The van der Waals surface area contributed by atoms with Gasteiger partial charge >= 0.3 is 12.1 Å². The van der Waals surface area contributed by atoms with Crippen molar-refractivity contribution >= 4 is 38.7 Å². The molecule has 0 atom stereocenters. The van der Waals surface area contributed by atoms with Gasteiger partial charge in [0, 0.05) is 10.6 Å². The van der Waals surface area contributed by atoms with Crippen LogP contribution in [0.4, 0.5) is 19.0 Å². The van der Waals surface area contributed by atoms with E-state index in [1.54, 1.807) is 16.6 Å². The lowest BCUT2D eigenvalue weighted by Crippen LogP contribution is -2.21. The second kappa shape index (κ2) is 7.44. The van der Waals surface area contributed by atoms with Crippen LogP contribution >= 0.6 is 11.3 Å². The van der Waals surface area contributed by atoms with Gasteiger partial charge in [0.2, 0.25) is 0 Å². The number of imidazole rings is 1. The summed E-state index contributed by atoms with van der Waals surface area (Å²) in [6.45, 7) is 0. The van der Waals surface area contributed by atoms with Crippen LogP contribution in [0.5, 0.6) is 0 Å². The molecule has 32 heavy (non-hydrogen) atoms. The van der Waals surface area contributed by atoms with Gasteiger partial charge in [-0.25, -0.2) is 14.5 Å². The Balaban J connectivity index is 1.64. The van der Waals surface area contributed by atoms with Crippen LogP contribution in [-0.2, 0) is 11.0 Å². The highest BCUT2D eigenvalue weighted by molar-refractivity contribution is 7.22. The third-order valence-corrected chi connectivity index (χ3v) is 7.20. The summed E-state index contributed by atoms with van der Waals surface area (Å²) in [5.41, 5.74) is 6.32. The smallest absolute Gasteiger partial charge is 0.417 e. The van der Waals surface area contributed by atoms with Gasteiger partial charge in [-0.05, 0) is 43.2 Å². The van der Waals surface area contributed by atoms with Crippen LogP contribution in [0.1, 0.15) is 43.0 Å². The zero-order chi connectivity index (χ0) is 22.6. The molecular formula is C21H18F3N5O2S. The molecule has 0 radical (unpaired) electrons. The molecule has 0 aliphatic heterocycles. The third-order valence-electron chi connectivity index (χ3n) is 6.01. The zero-order valence-corrected chi connectivity index (χ0v) is 17.5. The summed E-state index contributed by atoms with van der Waals surface area (Å²) in [7, 11) is 0. The number of hydrogen-bond donors (Lipinski definition) is 2. The fraction of sp³-hybridized carbons (Fsp3) is 0.333. The highest BCUT2D eigenvalue weighted by atomic mass is 32.1. The number of hydrogen-bond acceptors (Lipinski definition) is 6. The van der Waals surface area contributed by atoms with Gasteiger partial charge in [-0.2, -0.15) is 18.3 Å². The minimum absolute atomic E-state index is 0.0266. The Bertz CT molecular complexity index is 1340. The molecule has 166 valence electrons. The third kappa shape index (κ3) is 3.36. The second-order valence-electron chi connectivity index (χ2n) is 7.94. The number of carboxylic acid groups (broad SMARTS) is 1. The van der Waals surface area contributed by atoms with E-state index >= 15 is 0 Å². The van der Waals surface area contributed by atoms with Crippen molar-refractivity contribution < 1.29 is 23.1 Å². The molecule has 0 spiro atoms. The Morgan fingerprint density at radius 2 is 1.97 bits per heavy atom. The highest BCUT2D eigenvalue weighted by Crippen LogP contribution is 2.44. The molecule has 4 aromatic rings. The maximum Gasteiger partial charge on any atom is 0.417 e. The first kappa shape index (κ1) is 20.7. The number of aromatic nitrogens is 4. The Morgan fingerprint density at radius 3 is 2.66 bits per heavy atom. The zero-order valence-electron chi connectivity index (χ0n) is 16.6. The SMILES string of the molecule is Nc1ncnn2c(C3CCC(C(=O)O)CC3)nc(-c3cc4cccc(C(F)(F)F)c4s3)c12. The normalized spacial score (nSPS) is 19.6. The average Bonchev–Trinajstić information content (AvgIpc) is 3.35. The van der Waals surface area contributed by atoms with Crippen LogP contribution in [0, 0.1) is 5.92 Å². The van der Waals surface area contributed by atoms with Crippen LogP contribution in [-0.4, -0.2) is 30.7 Å². The van der Waals surface area contributed by atoms with Gasteiger partial charge in [0.1, 0.15) is 23.4 Å². The number of aliphatic carboxylic acids is 1. The average molecular weight is 461 g/mol. The maximum absolute atomic E-state index is 13.5. The monoisotopic (exact) mass is 461 g/mol. The van der Waals surface area contributed by atoms with Crippen LogP contribution < -0.4 is 5.73 Å². The lowest BCUT2D eigenvalue weighted by atomic mass is 9.82. The van der Waals surface area contributed by atoms with Crippen LogP contribution in [0.15, 0.2) is 30.6 Å². The van der Waals surface area contributed by atoms with Gasteiger partial charge < -0.3 is 10.8 Å². The molecule has 7 nitrogen and oxygen atoms in total. The predicted octanol–water partition coefficient (Wildman–Crippen LogP) is 4.97. The van der Waals surface area contributed by atoms with E-state index in [0.717, 1.165) is 17.4 Å². The lowest BCUT2D eigenvalue weighted by molar-refractivity contribution is -0.143. The van der Waals surface area contributed by atoms with Gasteiger partial charge in [-0.3, -0.25) is 4.79 Å². The van der Waals surface area contributed by atoms with E-state index in [1.165, 1.54) is 12.4 Å². The number of nitrogens with two attached hydrogens (primary N) is 1. The van der Waals surface area contributed by atoms with Crippen molar-refractivity contribution in [1.29, 1.82) is 0 Å². The van der Waals surface area contributed by atoms with Gasteiger partial charge in [0.15, 0.2) is 5.82 Å². The van der Waals surface area contributed by atoms with Crippen molar-refractivity contribution in [3.8, 4) is 10.6 Å². The summed E-state index contributed by atoms with van der Waals surface area (Å²) in [6.07, 6.45) is -0.833. The van der Waals surface area contributed by atoms with E-state index < -0.39 is 17.7 Å². The van der Waals surface area contributed by atoms with Gasteiger partial charge in [-0.1, -0.05) is 12.1 Å². The number of carbonyl (C=O) groups is 1. The quantitative estimate of drug-likeness (QED) is 0.446. The Hall–Kier alpha value is -3.21. The summed E-state index contributed by atoms with van der Waals surface area (Å²) in [4.78, 5) is 20.6. The van der Waals surface area contributed by atoms with Crippen molar-refractivity contribution in [2.24, 2.45) is 5.92 Å². The fourth-order valence-electron chi connectivity index (χ4n) is 4.41. The molecule has 3 N–H and O–H groups in total. The standard InChI is InChI=1S/C21H18F3N5O2S/c22-21(23,24)13-3-1-2-12-8-14(32-17(12)13)15-16-18(25)26-9-27-29(16)19(28-15)10-4-6-11(7-5-10)20(30)31/h1-3,8-11H,4-7H2,(H,30,31)(H2,25,26,27). The number of nitrogen functional groups attached to an aromatic ring is 1. The lowest BCUT2D eigenvalue weighted by Gasteiger charge is -2.24. The Kier molecular flexibility index (Phi) is 4.81. The first-order valence-electron chi connectivity index (χ1n) is 10.1. The number of halogens is 3. The molecule has 0 amide bonds. The van der Waals surface area contributed by atoms with Crippen molar-refractivity contribution in [3.05, 3.63) is 42.0 Å². The van der Waals surface area contributed by atoms with Crippen LogP contribution in [0.2, 0.25) is 0 Å². The molecule has 1 aromatic carbocycles. The first-order chi connectivity index (χ1) is 15.2. The van der Waals surface area contributed by atoms with E-state index in [0.29, 0.717) is 53.0 Å². The molecule has 3 heterocycles. The molecule has 5 rings (SSSR count). The molecule has 1 fully saturated rings. The van der Waals surface area contributed by atoms with Crippen molar-refractivity contribution in [2.75, 3.05) is 5.73 Å². The van der Waals surface area contributed by atoms with Gasteiger partial charge in [0.25, 0.3) is 0 Å². The van der Waals surface area contributed by atoms with Crippen molar-refractivity contribution in [1.82, 2.24) is 19.6 Å². The highest BCUT2D eigenvalue weighted by Gasteiger charge is 2.34. The van der Waals surface area contributed by atoms with Crippen molar-refractivity contribution in [2.45, 2.75) is 37.8 Å². The molecule has 1 saturated carbocycles. The summed E-state index contributed by atoms with van der Waals surface area (Å²) >= 11 is 1.01. The van der Waals surface area contributed by atoms with E-state index in [9.17, 15) is 23.1 Å². The molecule has 0 saturated heterocycles. The fourth-order valence-corrected chi connectivity index (χ4v) is 5.60. The molecule has 11 heteroatoms. The largest absolute Gasteiger partial charge is 0.481 e. The summed E-state index contributed by atoms with van der Waals surface area (Å²) in [6, 6.07) is 5.76. The topological polar surface area (TPSA) is 106 Å². The Labute approximate surface area is 183 Å². The number of thiophene rings is 1. The number of rotatable bonds is 3. The van der Waals surface area contributed by atoms with E-state index in [2.05, 4.69) is 10.1 Å². The maximum atomic E-state index is 13.5.